The number of hydrogen-bond donors (Lipinski definition) is 2. The summed E-state index contributed by atoms with van der Waals surface area (Å²) in [6, 6.07) is 10.0. The van der Waals surface area contributed by atoms with Gasteiger partial charge in [-0.25, -0.2) is 13.5 Å². The Balaban J connectivity index is 1.66. The second kappa shape index (κ2) is 8.04. The van der Waals surface area contributed by atoms with Gasteiger partial charge in [0, 0.05) is 11.6 Å². The van der Waals surface area contributed by atoms with Crippen LogP contribution in [0.4, 0.5) is 14.5 Å². The molecule has 2 aromatic carbocycles. The van der Waals surface area contributed by atoms with Gasteiger partial charge < -0.3 is 15.9 Å². The fourth-order valence-electron chi connectivity index (χ4n) is 2.24. The number of nitrogen functional groups attached to an aromatic ring is 1. The minimum Gasteiger partial charge on any atom is -0.497 e. The Morgan fingerprint density at radius 2 is 2.07 bits per heavy atom. The molecule has 3 N–H and O–H groups in total. The summed E-state index contributed by atoms with van der Waals surface area (Å²) in [7, 11) is 1.55. The van der Waals surface area contributed by atoms with Crippen LogP contribution in [-0.2, 0) is 4.79 Å². The summed E-state index contributed by atoms with van der Waals surface area (Å²) >= 11 is 1.03. The predicted octanol–water partition coefficient (Wildman–Crippen LogP) is 2.68. The summed E-state index contributed by atoms with van der Waals surface area (Å²) in [6.45, 7) is 0. The third kappa shape index (κ3) is 4.34. The molecule has 1 heterocycles. The molecule has 0 radical (unpaired) electrons. The van der Waals surface area contributed by atoms with Crippen LogP contribution in [0.3, 0.4) is 0 Å². The standard InChI is InChI=1S/C17H15F2N5O2S/c1-26-12-4-2-3-10(7-12)16-22-23-17(24(16)20)27-9-15(25)21-14-6-5-11(18)8-13(14)19/h2-8H,9,20H2,1H3,(H,21,25). The lowest BCUT2D eigenvalue weighted by atomic mass is 10.2. The maximum atomic E-state index is 13.6. The summed E-state index contributed by atoms with van der Waals surface area (Å²) in [5.41, 5.74) is 0.599. The van der Waals surface area contributed by atoms with Crippen LogP contribution < -0.4 is 15.9 Å². The Bertz CT molecular complexity index is 980. The maximum absolute atomic E-state index is 13.6. The van der Waals surface area contributed by atoms with E-state index in [1.165, 1.54) is 4.68 Å². The van der Waals surface area contributed by atoms with Crippen LogP contribution in [0.1, 0.15) is 0 Å². The van der Waals surface area contributed by atoms with Gasteiger partial charge in [0.25, 0.3) is 0 Å². The number of ether oxygens (including phenoxy) is 1. The number of methoxy groups -OCH3 is 1. The van der Waals surface area contributed by atoms with E-state index in [9.17, 15) is 13.6 Å². The molecule has 140 valence electrons. The second-order valence-corrected chi connectivity index (χ2v) is 6.31. The number of thioether (sulfide) groups is 1. The van der Waals surface area contributed by atoms with Gasteiger partial charge in [0.15, 0.2) is 5.82 Å². The number of aromatic nitrogens is 3. The summed E-state index contributed by atoms with van der Waals surface area (Å²) in [4.78, 5) is 12.0. The molecule has 0 saturated carbocycles. The topological polar surface area (TPSA) is 95.1 Å². The van der Waals surface area contributed by atoms with E-state index in [2.05, 4.69) is 15.5 Å². The zero-order valence-corrected chi connectivity index (χ0v) is 15.0. The third-order valence-electron chi connectivity index (χ3n) is 3.53. The van der Waals surface area contributed by atoms with Gasteiger partial charge in [0.2, 0.25) is 11.1 Å². The smallest absolute Gasteiger partial charge is 0.234 e. The minimum atomic E-state index is -0.851. The van der Waals surface area contributed by atoms with Gasteiger partial charge in [-0.05, 0) is 24.3 Å². The molecule has 1 aromatic heterocycles. The predicted molar refractivity (Wildman–Crippen MR) is 97.9 cm³/mol. The molecule has 0 bridgehead atoms. The summed E-state index contributed by atoms with van der Waals surface area (Å²) in [5.74, 6) is 4.91. The fourth-order valence-corrected chi connectivity index (χ4v) is 2.90. The monoisotopic (exact) mass is 391 g/mol. The zero-order chi connectivity index (χ0) is 19.4. The number of rotatable bonds is 6. The van der Waals surface area contributed by atoms with Gasteiger partial charge in [-0.2, -0.15) is 0 Å². The molecular weight excluding hydrogens is 376 g/mol. The highest BCUT2D eigenvalue weighted by atomic mass is 32.2. The molecule has 0 atom stereocenters. The summed E-state index contributed by atoms with van der Waals surface area (Å²) in [6.07, 6.45) is 0. The number of anilines is 1. The van der Waals surface area contributed by atoms with Crippen LogP contribution in [-0.4, -0.2) is 33.6 Å². The maximum Gasteiger partial charge on any atom is 0.234 e. The first-order valence-electron chi connectivity index (χ1n) is 7.70. The molecule has 0 aliphatic heterocycles. The normalized spacial score (nSPS) is 10.6. The first-order valence-corrected chi connectivity index (χ1v) is 8.69. The molecular formula is C17H15F2N5O2S. The van der Waals surface area contributed by atoms with Crippen molar-refractivity contribution in [1.82, 2.24) is 14.9 Å². The van der Waals surface area contributed by atoms with Crippen molar-refractivity contribution in [3.63, 3.8) is 0 Å². The molecule has 0 unspecified atom stereocenters. The van der Waals surface area contributed by atoms with Crippen molar-refractivity contribution in [2.45, 2.75) is 5.16 Å². The van der Waals surface area contributed by atoms with E-state index >= 15 is 0 Å². The molecule has 27 heavy (non-hydrogen) atoms. The highest BCUT2D eigenvalue weighted by Gasteiger charge is 2.15. The molecule has 0 fully saturated rings. The molecule has 0 aliphatic carbocycles. The van der Waals surface area contributed by atoms with E-state index in [1.54, 1.807) is 31.4 Å². The average Bonchev–Trinajstić information content (AvgIpc) is 3.03. The van der Waals surface area contributed by atoms with Crippen molar-refractivity contribution in [2.75, 3.05) is 24.0 Å². The first-order chi connectivity index (χ1) is 13.0. The fraction of sp³-hybridized carbons (Fsp3) is 0.118. The highest BCUT2D eigenvalue weighted by molar-refractivity contribution is 7.99. The lowest BCUT2D eigenvalue weighted by Crippen LogP contribution is -2.17. The van der Waals surface area contributed by atoms with E-state index in [0.29, 0.717) is 28.4 Å². The molecule has 10 heteroatoms. The van der Waals surface area contributed by atoms with Crippen LogP contribution in [0.15, 0.2) is 47.6 Å². The van der Waals surface area contributed by atoms with Gasteiger partial charge in [-0.1, -0.05) is 23.9 Å². The van der Waals surface area contributed by atoms with Crippen molar-refractivity contribution in [3.8, 4) is 17.1 Å². The number of carbonyl (C=O) groups is 1. The molecule has 0 aliphatic rings. The molecule has 3 aromatic rings. The summed E-state index contributed by atoms with van der Waals surface area (Å²) in [5, 5.41) is 10.7. The largest absolute Gasteiger partial charge is 0.497 e. The van der Waals surface area contributed by atoms with Crippen molar-refractivity contribution in [1.29, 1.82) is 0 Å². The number of nitrogens with two attached hydrogens (primary N) is 1. The quantitative estimate of drug-likeness (QED) is 0.496. The van der Waals surface area contributed by atoms with Gasteiger partial charge >= 0.3 is 0 Å². The van der Waals surface area contributed by atoms with Crippen molar-refractivity contribution in [3.05, 3.63) is 54.1 Å². The molecule has 0 spiro atoms. The Morgan fingerprint density at radius 1 is 1.26 bits per heavy atom. The van der Waals surface area contributed by atoms with Crippen LogP contribution in [0.5, 0.6) is 5.75 Å². The number of nitrogens with one attached hydrogen (secondary N) is 1. The lowest BCUT2D eigenvalue weighted by Gasteiger charge is -2.07. The molecule has 1 amide bonds. The Labute approximate surface area is 157 Å². The van der Waals surface area contributed by atoms with Gasteiger partial charge in [-0.3, -0.25) is 4.79 Å². The number of benzene rings is 2. The molecule has 7 nitrogen and oxygen atoms in total. The minimum absolute atomic E-state index is 0.0791. The van der Waals surface area contributed by atoms with E-state index in [4.69, 9.17) is 10.6 Å². The van der Waals surface area contributed by atoms with E-state index in [0.717, 1.165) is 23.9 Å². The van der Waals surface area contributed by atoms with Crippen molar-refractivity contribution < 1.29 is 18.3 Å². The van der Waals surface area contributed by atoms with Gasteiger partial charge in [0.1, 0.15) is 17.4 Å². The Morgan fingerprint density at radius 3 is 2.81 bits per heavy atom. The number of carbonyl (C=O) groups excluding carboxylic acids is 1. The third-order valence-corrected chi connectivity index (χ3v) is 4.47. The number of halogens is 2. The molecule has 0 saturated heterocycles. The Kier molecular flexibility index (Phi) is 5.55. The lowest BCUT2D eigenvalue weighted by molar-refractivity contribution is -0.113. The number of nitrogens with zero attached hydrogens (tertiary/aromatic N) is 3. The van der Waals surface area contributed by atoms with Gasteiger partial charge in [-0.15, -0.1) is 10.2 Å². The van der Waals surface area contributed by atoms with Crippen molar-refractivity contribution >= 4 is 23.4 Å². The van der Waals surface area contributed by atoms with Crippen LogP contribution in [0.25, 0.3) is 11.4 Å². The SMILES string of the molecule is COc1cccc(-c2nnc(SCC(=O)Nc3ccc(F)cc3F)n2N)c1. The zero-order valence-electron chi connectivity index (χ0n) is 14.1. The van der Waals surface area contributed by atoms with E-state index in [-0.39, 0.29) is 11.4 Å². The van der Waals surface area contributed by atoms with Crippen LogP contribution in [0, 0.1) is 11.6 Å². The Hall–Kier alpha value is -3.14. The summed E-state index contributed by atoms with van der Waals surface area (Å²) < 4.78 is 32.9. The number of amides is 1. The van der Waals surface area contributed by atoms with Crippen LogP contribution >= 0.6 is 11.8 Å². The van der Waals surface area contributed by atoms with Gasteiger partial charge in [0.05, 0.1) is 18.6 Å². The molecule has 3 rings (SSSR count). The van der Waals surface area contributed by atoms with Crippen molar-refractivity contribution in [2.24, 2.45) is 0 Å². The van der Waals surface area contributed by atoms with E-state index in [1.807, 2.05) is 0 Å². The second-order valence-electron chi connectivity index (χ2n) is 5.37. The number of hydrogen-bond acceptors (Lipinski definition) is 6. The van der Waals surface area contributed by atoms with Crippen LogP contribution in [0.2, 0.25) is 0 Å². The average molecular weight is 391 g/mol. The first kappa shape index (κ1) is 18.6. The highest BCUT2D eigenvalue weighted by Crippen LogP contribution is 2.25. The van der Waals surface area contributed by atoms with E-state index < -0.39 is 17.5 Å².